The van der Waals surface area contributed by atoms with E-state index in [9.17, 15) is 0 Å². The Kier molecular flexibility index (Phi) is 2.44. The summed E-state index contributed by atoms with van der Waals surface area (Å²) in [5.74, 6) is 1.21. The summed E-state index contributed by atoms with van der Waals surface area (Å²) < 4.78 is 0. The zero-order chi connectivity index (χ0) is 11.8. The second kappa shape index (κ2) is 3.96. The Labute approximate surface area is 102 Å². The maximum Gasteiger partial charge on any atom is 0.123 e. The molecule has 0 saturated carbocycles. The Morgan fingerprint density at radius 3 is 2.94 bits per heavy atom. The van der Waals surface area contributed by atoms with E-state index in [1.54, 1.807) is 0 Å². The normalized spacial score (nSPS) is 18.1. The predicted octanol–water partition coefficient (Wildman–Crippen LogP) is 1.88. The van der Waals surface area contributed by atoms with Crippen molar-refractivity contribution < 1.29 is 0 Å². The molecule has 0 fully saturated rings. The van der Waals surface area contributed by atoms with Crippen molar-refractivity contribution in [2.45, 2.75) is 13.8 Å². The van der Waals surface area contributed by atoms with Gasteiger partial charge in [0.2, 0.25) is 0 Å². The molecule has 2 aliphatic rings. The third kappa shape index (κ3) is 1.74. The summed E-state index contributed by atoms with van der Waals surface area (Å²) in [6.07, 6.45) is 0. The van der Waals surface area contributed by atoms with Crippen molar-refractivity contribution >= 4 is 11.4 Å². The first-order valence-electron chi connectivity index (χ1n) is 6.12. The highest BCUT2D eigenvalue weighted by Gasteiger charge is 2.24. The highest BCUT2D eigenvalue weighted by Crippen LogP contribution is 2.30. The molecular weight excluding hydrogens is 212 g/mol. The number of fused-ring (bicyclic) bond motifs is 1. The molecule has 0 aliphatic carbocycles. The molecule has 2 heterocycles. The molecule has 4 nitrogen and oxygen atoms in total. The molecule has 0 bridgehead atoms. The van der Waals surface area contributed by atoms with Crippen LogP contribution in [-0.4, -0.2) is 24.6 Å². The Balaban J connectivity index is 1.98. The van der Waals surface area contributed by atoms with E-state index in [-0.39, 0.29) is 0 Å². The van der Waals surface area contributed by atoms with E-state index in [0.717, 1.165) is 25.3 Å². The topological polar surface area (TPSA) is 39.3 Å². The molecule has 1 aromatic rings. The van der Waals surface area contributed by atoms with E-state index in [1.807, 2.05) is 0 Å². The van der Waals surface area contributed by atoms with E-state index in [2.05, 4.69) is 53.1 Å². The molecule has 0 amide bonds. The molecule has 17 heavy (non-hydrogen) atoms. The second-order valence-electron chi connectivity index (χ2n) is 4.56. The fraction of sp³-hybridized carbons (Fsp3) is 0.385. The first-order valence-corrected chi connectivity index (χ1v) is 6.12. The first-order chi connectivity index (χ1) is 8.28. The van der Waals surface area contributed by atoms with Gasteiger partial charge < -0.3 is 10.6 Å². The van der Waals surface area contributed by atoms with E-state index >= 15 is 0 Å². The van der Waals surface area contributed by atoms with Crippen LogP contribution in [0.2, 0.25) is 0 Å². The minimum atomic E-state index is 0.905. The lowest BCUT2D eigenvalue weighted by atomic mass is 10.2. The van der Waals surface area contributed by atoms with Gasteiger partial charge in [0.05, 0.1) is 11.4 Å². The Morgan fingerprint density at radius 2 is 2.12 bits per heavy atom. The van der Waals surface area contributed by atoms with E-state index in [0.29, 0.717) is 0 Å². The molecule has 0 radical (unpaired) electrons. The highest BCUT2D eigenvalue weighted by atomic mass is 15.6. The smallest absolute Gasteiger partial charge is 0.123 e. The summed E-state index contributed by atoms with van der Waals surface area (Å²) in [6.45, 7) is 7.07. The third-order valence-electron chi connectivity index (χ3n) is 3.32. The molecule has 4 heteroatoms. The molecule has 3 N–H and O–H groups in total. The van der Waals surface area contributed by atoms with Gasteiger partial charge in [-0.05, 0) is 31.5 Å². The molecule has 0 atom stereocenters. The molecule has 0 spiro atoms. The van der Waals surface area contributed by atoms with Crippen LogP contribution in [0.25, 0.3) is 0 Å². The quantitative estimate of drug-likeness (QED) is 0.689. The van der Waals surface area contributed by atoms with Crippen LogP contribution in [0, 0.1) is 6.92 Å². The summed E-state index contributed by atoms with van der Waals surface area (Å²) in [6, 6.07) is 6.47. The highest BCUT2D eigenvalue weighted by molar-refractivity contribution is 5.73. The van der Waals surface area contributed by atoms with Crippen molar-refractivity contribution in [3.63, 3.8) is 0 Å². The molecule has 1 aromatic carbocycles. The molecule has 0 unspecified atom stereocenters. The second-order valence-corrected chi connectivity index (χ2v) is 4.56. The molecule has 0 aromatic heterocycles. The van der Waals surface area contributed by atoms with Crippen LogP contribution >= 0.6 is 0 Å². The number of nitrogens with one attached hydrogen (secondary N) is 3. The van der Waals surface area contributed by atoms with Gasteiger partial charge >= 0.3 is 0 Å². The lowest BCUT2D eigenvalue weighted by Crippen LogP contribution is -2.33. The monoisotopic (exact) mass is 230 g/mol. The van der Waals surface area contributed by atoms with Gasteiger partial charge in [0, 0.05) is 25.2 Å². The molecular formula is C13H18N4. The van der Waals surface area contributed by atoms with Gasteiger partial charge in [-0.1, -0.05) is 6.07 Å². The minimum absolute atomic E-state index is 0.905. The van der Waals surface area contributed by atoms with Gasteiger partial charge in [0.15, 0.2) is 0 Å². The zero-order valence-electron chi connectivity index (χ0n) is 10.3. The number of hydrazine groups is 1. The van der Waals surface area contributed by atoms with Gasteiger partial charge in [-0.2, -0.15) is 0 Å². The Morgan fingerprint density at radius 1 is 1.24 bits per heavy atom. The van der Waals surface area contributed by atoms with Crippen molar-refractivity contribution in [2.24, 2.45) is 0 Å². The van der Waals surface area contributed by atoms with E-state index < -0.39 is 0 Å². The Hall–Kier alpha value is -1.68. The zero-order valence-corrected chi connectivity index (χ0v) is 10.3. The molecule has 2 aliphatic heterocycles. The van der Waals surface area contributed by atoms with Crippen molar-refractivity contribution in [1.29, 1.82) is 0 Å². The standard InChI is InChI=1S/C13H18N4/c1-3-17-13-10(8-15-17)7-14-11-5-4-9(2)6-12(11)16-13/h4-6,14-16H,3,7-8H2,1-2H3. The van der Waals surface area contributed by atoms with Crippen LogP contribution < -0.4 is 16.1 Å². The molecule has 90 valence electrons. The Bertz CT molecular complexity index is 478. The lowest BCUT2D eigenvalue weighted by Gasteiger charge is -2.22. The van der Waals surface area contributed by atoms with Gasteiger partial charge in [-0.25, -0.2) is 5.43 Å². The molecule has 3 rings (SSSR count). The van der Waals surface area contributed by atoms with Crippen LogP contribution in [0.3, 0.4) is 0 Å². The van der Waals surface area contributed by atoms with Crippen molar-refractivity contribution in [3.8, 4) is 0 Å². The molecule has 0 saturated heterocycles. The van der Waals surface area contributed by atoms with E-state index in [1.165, 1.54) is 22.6 Å². The minimum Gasteiger partial charge on any atom is -0.379 e. The SMILES string of the molecule is CCN1NCC2=C1Nc1cc(C)ccc1NC2. The van der Waals surface area contributed by atoms with E-state index in [4.69, 9.17) is 0 Å². The van der Waals surface area contributed by atoms with Crippen LogP contribution in [0.4, 0.5) is 11.4 Å². The summed E-state index contributed by atoms with van der Waals surface area (Å²) in [4.78, 5) is 0. The average molecular weight is 230 g/mol. The average Bonchev–Trinajstić information content (AvgIpc) is 2.62. The van der Waals surface area contributed by atoms with Gasteiger partial charge in [-0.3, -0.25) is 5.01 Å². The maximum atomic E-state index is 3.54. The number of aryl methyl sites for hydroxylation is 1. The van der Waals surface area contributed by atoms with Crippen molar-refractivity contribution in [1.82, 2.24) is 10.4 Å². The van der Waals surface area contributed by atoms with Crippen LogP contribution in [0.15, 0.2) is 29.6 Å². The van der Waals surface area contributed by atoms with Gasteiger partial charge in [-0.15, -0.1) is 0 Å². The fourth-order valence-electron chi connectivity index (χ4n) is 2.36. The number of benzene rings is 1. The van der Waals surface area contributed by atoms with Crippen molar-refractivity contribution in [2.75, 3.05) is 30.3 Å². The maximum absolute atomic E-state index is 3.54. The summed E-state index contributed by atoms with van der Waals surface area (Å²) >= 11 is 0. The van der Waals surface area contributed by atoms with Gasteiger partial charge in [0.25, 0.3) is 0 Å². The number of hydrogen-bond donors (Lipinski definition) is 3. The number of nitrogens with zero attached hydrogens (tertiary/aromatic N) is 1. The van der Waals surface area contributed by atoms with Gasteiger partial charge in [0.1, 0.15) is 5.82 Å². The summed E-state index contributed by atoms with van der Waals surface area (Å²) in [7, 11) is 0. The largest absolute Gasteiger partial charge is 0.379 e. The fourth-order valence-corrected chi connectivity index (χ4v) is 2.36. The predicted molar refractivity (Wildman–Crippen MR) is 70.7 cm³/mol. The van der Waals surface area contributed by atoms with Crippen LogP contribution in [0.1, 0.15) is 12.5 Å². The van der Waals surface area contributed by atoms with Crippen LogP contribution in [-0.2, 0) is 0 Å². The summed E-state index contributed by atoms with van der Waals surface area (Å²) in [5, 5.41) is 9.20. The number of hydrogen-bond acceptors (Lipinski definition) is 4. The van der Waals surface area contributed by atoms with Crippen LogP contribution in [0.5, 0.6) is 0 Å². The lowest BCUT2D eigenvalue weighted by molar-refractivity contribution is 0.300. The number of anilines is 2. The summed E-state index contributed by atoms with van der Waals surface area (Å²) in [5.41, 5.74) is 8.39. The number of rotatable bonds is 1. The van der Waals surface area contributed by atoms with Crippen molar-refractivity contribution in [3.05, 3.63) is 35.2 Å². The third-order valence-corrected chi connectivity index (χ3v) is 3.32. The first kappa shape index (κ1) is 10.5.